The minimum atomic E-state index is -0.474. The van der Waals surface area contributed by atoms with E-state index in [1.807, 2.05) is 37.5 Å². The van der Waals surface area contributed by atoms with Crippen LogP contribution in [0.15, 0.2) is 42.9 Å². The second kappa shape index (κ2) is 6.08. The Bertz CT molecular complexity index is 942. The Hall–Kier alpha value is -3.09. The number of rotatable bonds is 4. The van der Waals surface area contributed by atoms with Crippen molar-refractivity contribution in [1.82, 2.24) is 20.1 Å². The molecule has 2 N–H and O–H groups in total. The van der Waals surface area contributed by atoms with Gasteiger partial charge in [0.2, 0.25) is 11.8 Å². The van der Waals surface area contributed by atoms with Gasteiger partial charge in [0.1, 0.15) is 6.04 Å². The van der Waals surface area contributed by atoms with Gasteiger partial charge in [-0.1, -0.05) is 18.2 Å². The number of anilines is 1. The van der Waals surface area contributed by atoms with Crippen LogP contribution in [0.3, 0.4) is 0 Å². The maximum absolute atomic E-state index is 12.5. The largest absolute Gasteiger partial charge is 0.361 e. The molecular weight excluding hydrogens is 318 g/mol. The van der Waals surface area contributed by atoms with Gasteiger partial charge >= 0.3 is 0 Å². The summed E-state index contributed by atoms with van der Waals surface area (Å²) in [5.41, 5.74) is 2.70. The molecule has 7 nitrogen and oxygen atoms in total. The SMILES string of the molecule is Cn1cc(N2CC[C@@H](NC(=O)Cc3c[nH]c4ccccc34)C2=O)cn1. The molecule has 1 saturated heterocycles. The van der Waals surface area contributed by atoms with Crippen LogP contribution in [0.5, 0.6) is 0 Å². The number of aromatic amines is 1. The second-order valence-corrected chi connectivity index (χ2v) is 6.31. The summed E-state index contributed by atoms with van der Waals surface area (Å²) in [7, 11) is 1.81. The number of para-hydroxylation sites is 1. The Morgan fingerprint density at radius 1 is 1.40 bits per heavy atom. The molecule has 7 heteroatoms. The Morgan fingerprint density at radius 2 is 2.24 bits per heavy atom. The predicted octanol–water partition coefficient (Wildman–Crippen LogP) is 1.37. The highest BCUT2D eigenvalue weighted by atomic mass is 16.2. The first-order chi connectivity index (χ1) is 12.1. The van der Waals surface area contributed by atoms with Crippen LogP contribution >= 0.6 is 0 Å². The van der Waals surface area contributed by atoms with Gasteiger partial charge in [0, 0.05) is 36.9 Å². The number of nitrogens with one attached hydrogen (secondary N) is 2. The summed E-state index contributed by atoms with van der Waals surface area (Å²) in [4.78, 5) is 29.8. The normalized spacial score (nSPS) is 17.4. The maximum Gasteiger partial charge on any atom is 0.249 e. The van der Waals surface area contributed by atoms with Crippen molar-refractivity contribution in [2.45, 2.75) is 18.9 Å². The van der Waals surface area contributed by atoms with Crippen molar-refractivity contribution in [3.8, 4) is 0 Å². The third-order valence-electron chi connectivity index (χ3n) is 4.57. The van der Waals surface area contributed by atoms with E-state index in [-0.39, 0.29) is 18.2 Å². The summed E-state index contributed by atoms with van der Waals surface area (Å²) in [5, 5.41) is 7.99. The molecule has 3 aromatic rings. The van der Waals surface area contributed by atoms with Gasteiger partial charge in [0.05, 0.1) is 18.3 Å². The van der Waals surface area contributed by atoms with Gasteiger partial charge in [-0.3, -0.25) is 14.3 Å². The number of hydrogen-bond acceptors (Lipinski definition) is 3. The molecule has 0 unspecified atom stereocenters. The Kier molecular flexibility index (Phi) is 3.76. The molecule has 1 fully saturated rings. The van der Waals surface area contributed by atoms with Crippen molar-refractivity contribution in [2.24, 2.45) is 7.05 Å². The Balaban J connectivity index is 1.42. The van der Waals surface area contributed by atoms with E-state index >= 15 is 0 Å². The van der Waals surface area contributed by atoms with Crippen LogP contribution in [-0.4, -0.2) is 39.2 Å². The van der Waals surface area contributed by atoms with E-state index in [1.165, 1.54) is 0 Å². The van der Waals surface area contributed by atoms with Gasteiger partial charge in [-0.25, -0.2) is 0 Å². The van der Waals surface area contributed by atoms with Gasteiger partial charge in [-0.15, -0.1) is 0 Å². The monoisotopic (exact) mass is 337 g/mol. The third-order valence-corrected chi connectivity index (χ3v) is 4.57. The molecule has 0 radical (unpaired) electrons. The molecule has 3 heterocycles. The molecule has 1 aliphatic heterocycles. The lowest BCUT2D eigenvalue weighted by Crippen LogP contribution is -2.42. The van der Waals surface area contributed by atoms with Crippen LogP contribution in [0.1, 0.15) is 12.0 Å². The Morgan fingerprint density at radius 3 is 3.04 bits per heavy atom. The molecule has 0 bridgehead atoms. The summed E-state index contributed by atoms with van der Waals surface area (Å²) in [6.45, 7) is 0.586. The number of benzene rings is 1. The molecule has 2 amide bonds. The van der Waals surface area contributed by atoms with Crippen molar-refractivity contribution in [2.75, 3.05) is 11.4 Å². The van der Waals surface area contributed by atoms with E-state index in [1.54, 1.807) is 22.0 Å². The molecule has 2 aromatic heterocycles. The van der Waals surface area contributed by atoms with E-state index in [4.69, 9.17) is 0 Å². The molecule has 1 aliphatic rings. The van der Waals surface area contributed by atoms with Crippen LogP contribution in [0.25, 0.3) is 10.9 Å². The summed E-state index contributed by atoms with van der Waals surface area (Å²) < 4.78 is 1.66. The molecule has 1 aromatic carbocycles. The summed E-state index contributed by atoms with van der Waals surface area (Å²) >= 11 is 0. The Labute approximate surface area is 144 Å². The fourth-order valence-electron chi connectivity index (χ4n) is 3.31. The highest BCUT2D eigenvalue weighted by molar-refractivity contribution is 6.01. The maximum atomic E-state index is 12.5. The van der Waals surface area contributed by atoms with Crippen LogP contribution in [0, 0.1) is 0 Å². The molecule has 4 rings (SSSR count). The number of aromatic nitrogens is 3. The van der Waals surface area contributed by atoms with Crippen molar-refractivity contribution in [3.63, 3.8) is 0 Å². The van der Waals surface area contributed by atoms with E-state index in [9.17, 15) is 9.59 Å². The second-order valence-electron chi connectivity index (χ2n) is 6.31. The first-order valence-electron chi connectivity index (χ1n) is 8.26. The first kappa shape index (κ1) is 15.4. The smallest absolute Gasteiger partial charge is 0.249 e. The van der Waals surface area contributed by atoms with Gasteiger partial charge in [0.15, 0.2) is 0 Å². The van der Waals surface area contributed by atoms with E-state index in [2.05, 4.69) is 15.4 Å². The minimum Gasteiger partial charge on any atom is -0.361 e. The van der Waals surface area contributed by atoms with E-state index in [0.717, 1.165) is 22.2 Å². The quantitative estimate of drug-likeness (QED) is 0.754. The minimum absolute atomic E-state index is 0.0831. The number of aryl methyl sites for hydroxylation is 1. The average molecular weight is 337 g/mol. The van der Waals surface area contributed by atoms with Crippen molar-refractivity contribution >= 4 is 28.4 Å². The summed E-state index contributed by atoms with van der Waals surface area (Å²) in [5.74, 6) is -0.226. The summed E-state index contributed by atoms with van der Waals surface area (Å²) in [6, 6.07) is 7.39. The third kappa shape index (κ3) is 2.88. The lowest BCUT2D eigenvalue weighted by molar-refractivity contribution is -0.126. The topological polar surface area (TPSA) is 83.0 Å². The highest BCUT2D eigenvalue weighted by Gasteiger charge is 2.34. The molecule has 25 heavy (non-hydrogen) atoms. The van der Waals surface area contributed by atoms with Gasteiger partial charge in [-0.05, 0) is 18.1 Å². The number of nitrogens with zero attached hydrogens (tertiary/aromatic N) is 3. The number of fused-ring (bicyclic) bond motifs is 1. The van der Waals surface area contributed by atoms with Crippen LogP contribution < -0.4 is 10.2 Å². The average Bonchev–Trinajstić information content (AvgIpc) is 3.29. The zero-order chi connectivity index (χ0) is 17.4. The first-order valence-corrected chi connectivity index (χ1v) is 8.26. The van der Waals surface area contributed by atoms with Crippen LogP contribution in [0.4, 0.5) is 5.69 Å². The predicted molar refractivity (Wildman–Crippen MR) is 94.1 cm³/mol. The van der Waals surface area contributed by atoms with Gasteiger partial charge in [0.25, 0.3) is 0 Å². The van der Waals surface area contributed by atoms with E-state index in [0.29, 0.717) is 13.0 Å². The standard InChI is InChI=1S/C18H19N5O2/c1-22-11-13(10-20-22)23-7-6-16(18(23)25)21-17(24)8-12-9-19-15-5-3-2-4-14(12)15/h2-5,9-11,16,19H,6-8H2,1H3,(H,21,24)/t16-/m1/s1. The zero-order valence-electron chi connectivity index (χ0n) is 13.9. The number of hydrogen-bond donors (Lipinski definition) is 2. The van der Waals surface area contributed by atoms with Crippen molar-refractivity contribution in [3.05, 3.63) is 48.4 Å². The summed E-state index contributed by atoms with van der Waals surface area (Å²) in [6.07, 6.45) is 6.17. The number of carbonyl (C=O) groups excluding carboxylic acids is 2. The van der Waals surface area contributed by atoms with Crippen LogP contribution in [-0.2, 0) is 23.1 Å². The molecular formula is C18H19N5O2. The fourth-order valence-corrected chi connectivity index (χ4v) is 3.31. The van der Waals surface area contributed by atoms with Gasteiger partial charge < -0.3 is 15.2 Å². The molecule has 0 saturated carbocycles. The number of amides is 2. The van der Waals surface area contributed by atoms with Crippen LogP contribution in [0.2, 0.25) is 0 Å². The number of H-pyrrole nitrogens is 1. The van der Waals surface area contributed by atoms with E-state index < -0.39 is 6.04 Å². The van der Waals surface area contributed by atoms with Crippen molar-refractivity contribution in [1.29, 1.82) is 0 Å². The molecule has 1 atom stereocenters. The molecule has 128 valence electrons. The number of carbonyl (C=O) groups is 2. The molecule has 0 spiro atoms. The van der Waals surface area contributed by atoms with Gasteiger partial charge in [-0.2, -0.15) is 5.10 Å². The fraction of sp³-hybridized carbons (Fsp3) is 0.278. The highest BCUT2D eigenvalue weighted by Crippen LogP contribution is 2.21. The van der Waals surface area contributed by atoms with Crippen molar-refractivity contribution < 1.29 is 9.59 Å². The zero-order valence-corrected chi connectivity index (χ0v) is 13.9. The lowest BCUT2D eigenvalue weighted by Gasteiger charge is -2.15. The lowest BCUT2D eigenvalue weighted by atomic mass is 10.1. The molecule has 0 aliphatic carbocycles.